The zero-order valence-corrected chi connectivity index (χ0v) is 19.5. The van der Waals surface area contributed by atoms with E-state index in [0.717, 1.165) is 44.7 Å². The van der Waals surface area contributed by atoms with Gasteiger partial charge in [-0.3, -0.25) is 9.79 Å². The zero-order chi connectivity index (χ0) is 18.2. The van der Waals surface area contributed by atoms with Crippen LogP contribution in [0.25, 0.3) is 0 Å². The molecule has 0 aliphatic carbocycles. The molecule has 0 radical (unpaired) electrons. The van der Waals surface area contributed by atoms with Gasteiger partial charge in [-0.05, 0) is 45.2 Å². The number of amides is 1. The second-order valence-corrected chi connectivity index (χ2v) is 8.17. The summed E-state index contributed by atoms with van der Waals surface area (Å²) in [5.41, 5.74) is 0. The van der Waals surface area contributed by atoms with Crippen molar-refractivity contribution >= 4 is 47.2 Å². The molecular formula is C19H33IN4OS. The third-order valence-corrected chi connectivity index (χ3v) is 5.73. The van der Waals surface area contributed by atoms with Crippen LogP contribution in [0, 0.1) is 6.92 Å². The summed E-state index contributed by atoms with van der Waals surface area (Å²) in [5.74, 6) is 1.15. The number of hydrogen-bond acceptors (Lipinski definition) is 3. The lowest BCUT2D eigenvalue weighted by Gasteiger charge is -2.27. The summed E-state index contributed by atoms with van der Waals surface area (Å²) in [5, 5.41) is 6.86. The first-order valence-electron chi connectivity index (χ1n) is 9.35. The minimum atomic E-state index is 0. The van der Waals surface area contributed by atoms with E-state index in [1.165, 1.54) is 9.75 Å². The molecule has 2 N–H and O–H groups in total. The quantitative estimate of drug-likeness (QED) is 0.332. The number of nitrogens with one attached hydrogen (secondary N) is 2. The molecule has 5 nitrogen and oxygen atoms in total. The average molecular weight is 492 g/mol. The molecule has 148 valence electrons. The lowest BCUT2D eigenvalue weighted by atomic mass is 10.1. The molecule has 1 saturated heterocycles. The maximum Gasteiger partial charge on any atom is 0.222 e. The maximum atomic E-state index is 11.9. The molecule has 0 aromatic carbocycles. The molecule has 2 atom stereocenters. The monoisotopic (exact) mass is 492 g/mol. The summed E-state index contributed by atoms with van der Waals surface area (Å²) in [7, 11) is 1.80. The molecule has 2 rings (SSSR count). The SMILES string of the molecule is CCC(CCNC(=NC)NC(C)Cc1ccc(C)s1)N1CCCC1=O.I. The van der Waals surface area contributed by atoms with Gasteiger partial charge in [-0.25, -0.2) is 0 Å². The highest BCUT2D eigenvalue weighted by atomic mass is 127. The van der Waals surface area contributed by atoms with Crippen LogP contribution in [0.15, 0.2) is 17.1 Å². The Balaban J connectivity index is 0.00000338. The number of aliphatic imine (C=N–C) groups is 1. The van der Waals surface area contributed by atoms with Crippen molar-refractivity contribution in [3.63, 3.8) is 0 Å². The standard InChI is InChI=1S/C19H32N4OS.HI/c1-5-16(23-12-6-7-18(23)24)10-11-21-19(20-4)22-14(2)13-17-9-8-15(3)25-17;/h8-9,14,16H,5-7,10-13H2,1-4H3,(H2,20,21,22);1H. The molecule has 2 heterocycles. The van der Waals surface area contributed by atoms with Crippen molar-refractivity contribution in [2.24, 2.45) is 4.99 Å². The number of rotatable bonds is 8. The van der Waals surface area contributed by atoms with Gasteiger partial charge < -0.3 is 15.5 Å². The van der Waals surface area contributed by atoms with Crippen molar-refractivity contribution in [2.45, 2.75) is 65.0 Å². The number of likely N-dealkylation sites (tertiary alicyclic amines) is 1. The van der Waals surface area contributed by atoms with E-state index in [1.807, 2.05) is 11.3 Å². The van der Waals surface area contributed by atoms with Crippen molar-refractivity contribution in [1.82, 2.24) is 15.5 Å². The smallest absolute Gasteiger partial charge is 0.222 e. The van der Waals surface area contributed by atoms with Gasteiger partial charge in [-0.1, -0.05) is 6.92 Å². The van der Waals surface area contributed by atoms with Crippen LogP contribution in [0.4, 0.5) is 0 Å². The Morgan fingerprint density at radius 3 is 2.73 bits per heavy atom. The number of halogens is 1. The van der Waals surface area contributed by atoms with Gasteiger partial charge in [0.2, 0.25) is 5.91 Å². The van der Waals surface area contributed by atoms with Gasteiger partial charge in [-0.2, -0.15) is 0 Å². The Kier molecular flexibility index (Phi) is 10.5. The molecule has 26 heavy (non-hydrogen) atoms. The summed E-state index contributed by atoms with van der Waals surface area (Å²) < 4.78 is 0. The Morgan fingerprint density at radius 2 is 2.19 bits per heavy atom. The topological polar surface area (TPSA) is 56.7 Å². The lowest BCUT2D eigenvalue weighted by Crippen LogP contribution is -2.45. The fourth-order valence-corrected chi connectivity index (χ4v) is 4.39. The number of thiophene rings is 1. The Morgan fingerprint density at radius 1 is 1.42 bits per heavy atom. The fourth-order valence-electron chi connectivity index (χ4n) is 3.37. The van der Waals surface area contributed by atoms with Crippen molar-refractivity contribution < 1.29 is 4.79 Å². The highest BCUT2D eigenvalue weighted by Crippen LogP contribution is 2.18. The van der Waals surface area contributed by atoms with Crippen LogP contribution in [-0.4, -0.2) is 49.0 Å². The lowest BCUT2D eigenvalue weighted by molar-refractivity contribution is -0.129. The van der Waals surface area contributed by atoms with Crippen LogP contribution in [0.5, 0.6) is 0 Å². The number of carbonyl (C=O) groups is 1. The average Bonchev–Trinajstić information content (AvgIpc) is 3.18. The maximum absolute atomic E-state index is 11.9. The van der Waals surface area contributed by atoms with Crippen LogP contribution in [0.2, 0.25) is 0 Å². The van der Waals surface area contributed by atoms with Crippen molar-refractivity contribution in [2.75, 3.05) is 20.1 Å². The molecular weight excluding hydrogens is 459 g/mol. The highest BCUT2D eigenvalue weighted by molar-refractivity contribution is 14.0. The molecule has 1 amide bonds. The second kappa shape index (κ2) is 11.8. The first-order valence-corrected chi connectivity index (χ1v) is 10.2. The molecule has 7 heteroatoms. The van der Waals surface area contributed by atoms with Crippen molar-refractivity contribution in [1.29, 1.82) is 0 Å². The molecule has 2 unspecified atom stereocenters. The fraction of sp³-hybridized carbons (Fsp3) is 0.684. The zero-order valence-electron chi connectivity index (χ0n) is 16.4. The molecule has 0 bridgehead atoms. The summed E-state index contributed by atoms with van der Waals surface area (Å²) in [4.78, 5) is 21.0. The van der Waals surface area contributed by atoms with Crippen molar-refractivity contribution in [3.05, 3.63) is 21.9 Å². The number of aryl methyl sites for hydroxylation is 1. The van der Waals surface area contributed by atoms with Crippen LogP contribution in [0.3, 0.4) is 0 Å². The number of guanidine groups is 1. The summed E-state index contributed by atoms with van der Waals surface area (Å²) >= 11 is 1.85. The Hall–Kier alpha value is -0.830. The van der Waals surface area contributed by atoms with E-state index >= 15 is 0 Å². The third-order valence-electron chi connectivity index (χ3n) is 4.70. The van der Waals surface area contributed by atoms with E-state index in [2.05, 4.69) is 53.4 Å². The van der Waals surface area contributed by atoms with Crippen LogP contribution < -0.4 is 10.6 Å². The molecule has 1 fully saturated rings. The van der Waals surface area contributed by atoms with Gasteiger partial charge in [0.15, 0.2) is 5.96 Å². The van der Waals surface area contributed by atoms with Gasteiger partial charge in [0.1, 0.15) is 0 Å². The predicted octanol–water partition coefficient (Wildman–Crippen LogP) is 3.56. The van der Waals surface area contributed by atoms with Gasteiger partial charge in [0.05, 0.1) is 0 Å². The van der Waals surface area contributed by atoms with Crippen LogP contribution in [-0.2, 0) is 11.2 Å². The minimum absolute atomic E-state index is 0. The molecule has 0 spiro atoms. The molecule has 1 aliphatic rings. The van der Waals surface area contributed by atoms with Gasteiger partial charge in [0, 0.05) is 54.8 Å². The van der Waals surface area contributed by atoms with Crippen molar-refractivity contribution in [3.8, 4) is 0 Å². The minimum Gasteiger partial charge on any atom is -0.356 e. The molecule has 0 saturated carbocycles. The van der Waals surface area contributed by atoms with Crippen LogP contribution in [0.1, 0.15) is 49.3 Å². The van der Waals surface area contributed by atoms with E-state index in [4.69, 9.17) is 0 Å². The first-order chi connectivity index (χ1) is 12.0. The largest absolute Gasteiger partial charge is 0.356 e. The highest BCUT2D eigenvalue weighted by Gasteiger charge is 2.26. The predicted molar refractivity (Wildman–Crippen MR) is 122 cm³/mol. The molecule has 1 aliphatic heterocycles. The second-order valence-electron chi connectivity index (χ2n) is 6.80. The third kappa shape index (κ3) is 7.06. The summed E-state index contributed by atoms with van der Waals surface area (Å²) in [6, 6.07) is 5.04. The Labute approximate surface area is 179 Å². The number of hydrogen-bond donors (Lipinski definition) is 2. The normalized spacial score (nSPS) is 17.0. The van der Waals surface area contributed by atoms with E-state index in [1.54, 1.807) is 7.05 Å². The summed E-state index contributed by atoms with van der Waals surface area (Å²) in [6.45, 7) is 8.23. The van der Waals surface area contributed by atoms with Gasteiger partial charge in [-0.15, -0.1) is 35.3 Å². The molecule has 1 aromatic heterocycles. The Bertz CT molecular complexity index is 590. The van der Waals surface area contributed by atoms with Crippen LogP contribution >= 0.6 is 35.3 Å². The number of nitrogens with zero attached hydrogens (tertiary/aromatic N) is 2. The van der Waals surface area contributed by atoms with E-state index in [9.17, 15) is 4.79 Å². The first kappa shape index (κ1) is 23.2. The summed E-state index contributed by atoms with van der Waals surface area (Å²) in [6.07, 6.45) is 4.69. The van der Waals surface area contributed by atoms with E-state index in [0.29, 0.717) is 24.4 Å². The molecule has 1 aromatic rings. The number of carbonyl (C=O) groups excluding carboxylic acids is 1. The van der Waals surface area contributed by atoms with E-state index < -0.39 is 0 Å². The van der Waals surface area contributed by atoms with Gasteiger partial charge >= 0.3 is 0 Å². The van der Waals surface area contributed by atoms with Gasteiger partial charge in [0.25, 0.3) is 0 Å². The van der Waals surface area contributed by atoms with E-state index in [-0.39, 0.29) is 24.0 Å².